The highest BCUT2D eigenvalue weighted by Crippen LogP contribution is 2.30. The molecule has 0 bridgehead atoms. The summed E-state index contributed by atoms with van der Waals surface area (Å²) in [7, 11) is 1.57. The molecule has 0 fully saturated rings. The number of hydrogen-bond acceptors (Lipinski definition) is 8. The third kappa shape index (κ3) is 3.86. The molecule has 0 aliphatic carbocycles. The smallest absolute Gasteiger partial charge is 0.267 e. The number of thiophene rings is 2. The number of rotatable bonds is 6. The van der Waals surface area contributed by atoms with Crippen molar-refractivity contribution in [1.82, 2.24) is 10.2 Å². The lowest BCUT2D eigenvalue weighted by Gasteiger charge is -1.96. The summed E-state index contributed by atoms with van der Waals surface area (Å²) < 4.78 is 5.91. The van der Waals surface area contributed by atoms with Gasteiger partial charge in [-0.05, 0) is 11.4 Å². The lowest BCUT2D eigenvalue weighted by Crippen LogP contribution is -2.09. The van der Waals surface area contributed by atoms with Crippen LogP contribution in [0.1, 0.15) is 14.5 Å². The third-order valence-electron chi connectivity index (χ3n) is 2.58. The Morgan fingerprint density at radius 1 is 1.41 bits per heavy atom. The number of amides is 1. The van der Waals surface area contributed by atoms with E-state index in [-0.39, 0.29) is 5.91 Å². The van der Waals surface area contributed by atoms with E-state index in [1.54, 1.807) is 41.7 Å². The number of hydrogen-bond donors (Lipinski definition) is 1. The Hall–Kier alpha value is -1.42. The Balaban J connectivity index is 1.57. The van der Waals surface area contributed by atoms with Crippen molar-refractivity contribution in [3.63, 3.8) is 0 Å². The molecule has 0 aromatic carbocycles. The fraction of sp³-hybridized carbons (Fsp3) is 0.154. The van der Waals surface area contributed by atoms with E-state index in [0.29, 0.717) is 15.8 Å². The molecule has 0 unspecified atom stereocenters. The Labute approximate surface area is 143 Å². The minimum Gasteiger partial charge on any atom is -0.496 e. The highest BCUT2D eigenvalue weighted by atomic mass is 32.2. The van der Waals surface area contributed by atoms with Crippen LogP contribution in [0.15, 0.2) is 33.3 Å². The molecule has 1 amide bonds. The Morgan fingerprint density at radius 3 is 3.05 bits per heavy atom. The predicted molar refractivity (Wildman–Crippen MR) is 92.6 cm³/mol. The molecule has 0 saturated heterocycles. The van der Waals surface area contributed by atoms with E-state index >= 15 is 0 Å². The van der Waals surface area contributed by atoms with Crippen molar-refractivity contribution in [1.29, 1.82) is 0 Å². The first-order valence-corrected chi connectivity index (χ1v) is 9.73. The van der Waals surface area contributed by atoms with E-state index in [4.69, 9.17) is 4.74 Å². The number of carbonyl (C=O) groups is 1. The van der Waals surface area contributed by atoms with E-state index in [2.05, 4.69) is 27.0 Å². The molecule has 22 heavy (non-hydrogen) atoms. The van der Waals surface area contributed by atoms with Gasteiger partial charge in [-0.15, -0.1) is 32.9 Å². The summed E-state index contributed by atoms with van der Waals surface area (Å²) in [5, 5.41) is 15.2. The third-order valence-corrected chi connectivity index (χ3v) is 6.57. The van der Waals surface area contributed by atoms with Crippen molar-refractivity contribution in [3.8, 4) is 5.75 Å². The molecule has 3 rings (SSSR count). The van der Waals surface area contributed by atoms with Crippen molar-refractivity contribution >= 4 is 56.8 Å². The van der Waals surface area contributed by atoms with Gasteiger partial charge in [0.2, 0.25) is 5.13 Å². The predicted octanol–water partition coefficient (Wildman–Crippen LogP) is 4.21. The van der Waals surface area contributed by atoms with Gasteiger partial charge in [0.15, 0.2) is 4.34 Å². The average Bonchev–Trinajstić information content (AvgIpc) is 3.26. The summed E-state index contributed by atoms with van der Waals surface area (Å²) in [5.41, 5.74) is 0. The van der Waals surface area contributed by atoms with Gasteiger partial charge in [-0.25, -0.2) is 0 Å². The first kappa shape index (κ1) is 15.5. The van der Waals surface area contributed by atoms with Crippen molar-refractivity contribution in [2.45, 2.75) is 10.1 Å². The zero-order valence-electron chi connectivity index (χ0n) is 11.4. The van der Waals surface area contributed by atoms with Gasteiger partial charge in [-0.1, -0.05) is 29.2 Å². The van der Waals surface area contributed by atoms with Crippen molar-refractivity contribution in [2.75, 3.05) is 12.4 Å². The van der Waals surface area contributed by atoms with E-state index in [1.165, 1.54) is 27.6 Å². The molecule has 3 heterocycles. The highest BCUT2D eigenvalue weighted by molar-refractivity contribution is 8.00. The first-order chi connectivity index (χ1) is 10.7. The second-order valence-corrected chi connectivity index (χ2v) is 8.19. The quantitative estimate of drug-likeness (QED) is 0.521. The van der Waals surface area contributed by atoms with Crippen LogP contribution in [0.4, 0.5) is 5.13 Å². The summed E-state index contributed by atoms with van der Waals surface area (Å²) >= 11 is 6.04. The van der Waals surface area contributed by atoms with Crippen LogP contribution in [-0.2, 0) is 5.75 Å². The number of nitrogens with one attached hydrogen (secondary N) is 1. The SMILES string of the molecule is COc1csc(C(=O)Nc2nnc(SCc3cccs3)s2)c1. The van der Waals surface area contributed by atoms with Gasteiger partial charge in [0.25, 0.3) is 5.91 Å². The lowest BCUT2D eigenvalue weighted by atomic mass is 10.4. The standard InChI is InChI=1S/C13H11N3O2S4/c1-18-8-5-10(20-6-8)11(17)14-12-15-16-13(22-12)21-7-9-3-2-4-19-9/h2-6H,7H2,1H3,(H,14,15,17). The van der Waals surface area contributed by atoms with Crippen LogP contribution in [0, 0.1) is 0 Å². The maximum absolute atomic E-state index is 12.1. The van der Waals surface area contributed by atoms with Gasteiger partial charge in [-0.2, -0.15) is 0 Å². The normalized spacial score (nSPS) is 10.6. The van der Waals surface area contributed by atoms with Crippen LogP contribution >= 0.6 is 45.8 Å². The van der Waals surface area contributed by atoms with Gasteiger partial charge in [0.05, 0.1) is 12.0 Å². The molecule has 9 heteroatoms. The molecule has 5 nitrogen and oxygen atoms in total. The van der Waals surface area contributed by atoms with Crippen LogP contribution in [0.2, 0.25) is 0 Å². The molecule has 1 N–H and O–H groups in total. The monoisotopic (exact) mass is 369 g/mol. The minimum atomic E-state index is -0.195. The van der Waals surface area contributed by atoms with Gasteiger partial charge in [0, 0.05) is 22.1 Å². The van der Waals surface area contributed by atoms with Crippen LogP contribution in [-0.4, -0.2) is 23.2 Å². The second kappa shape index (κ2) is 7.23. The Bertz CT molecular complexity index is 751. The molecule has 0 aliphatic rings. The fourth-order valence-corrected chi connectivity index (χ4v) is 4.82. The summed E-state index contributed by atoms with van der Waals surface area (Å²) in [6.07, 6.45) is 0. The molecular formula is C13H11N3O2S4. The number of anilines is 1. The number of ether oxygens (including phenoxy) is 1. The summed E-state index contributed by atoms with van der Waals surface area (Å²) in [5.74, 6) is 1.35. The molecule has 0 saturated carbocycles. The minimum absolute atomic E-state index is 0.195. The van der Waals surface area contributed by atoms with Crippen molar-refractivity contribution < 1.29 is 9.53 Å². The van der Waals surface area contributed by atoms with Gasteiger partial charge in [0.1, 0.15) is 5.75 Å². The lowest BCUT2D eigenvalue weighted by molar-refractivity contribution is 0.103. The molecule has 0 radical (unpaired) electrons. The van der Waals surface area contributed by atoms with E-state index in [1.807, 2.05) is 6.07 Å². The summed E-state index contributed by atoms with van der Waals surface area (Å²) in [6.45, 7) is 0. The second-order valence-electron chi connectivity index (χ2n) is 4.05. The van der Waals surface area contributed by atoms with Crippen molar-refractivity contribution in [3.05, 3.63) is 38.7 Å². The topological polar surface area (TPSA) is 64.1 Å². The van der Waals surface area contributed by atoms with E-state index in [0.717, 1.165) is 10.1 Å². The van der Waals surface area contributed by atoms with Gasteiger partial charge < -0.3 is 4.74 Å². The Kier molecular flexibility index (Phi) is 5.08. The molecular weight excluding hydrogens is 358 g/mol. The van der Waals surface area contributed by atoms with E-state index in [9.17, 15) is 4.79 Å². The largest absolute Gasteiger partial charge is 0.496 e. The molecule has 114 valence electrons. The fourth-order valence-electron chi connectivity index (χ4n) is 1.55. The molecule has 0 atom stereocenters. The molecule has 3 aromatic heterocycles. The van der Waals surface area contributed by atoms with Gasteiger partial charge >= 0.3 is 0 Å². The van der Waals surface area contributed by atoms with Crippen molar-refractivity contribution in [2.24, 2.45) is 0 Å². The zero-order chi connectivity index (χ0) is 15.4. The number of methoxy groups -OCH3 is 1. The van der Waals surface area contributed by atoms with Crippen LogP contribution in [0.3, 0.4) is 0 Å². The van der Waals surface area contributed by atoms with Crippen LogP contribution in [0.25, 0.3) is 0 Å². The number of nitrogens with zero attached hydrogens (tertiary/aromatic N) is 2. The maximum Gasteiger partial charge on any atom is 0.267 e. The summed E-state index contributed by atoms with van der Waals surface area (Å²) in [4.78, 5) is 13.9. The number of aromatic nitrogens is 2. The average molecular weight is 370 g/mol. The molecule has 0 aliphatic heterocycles. The highest BCUT2D eigenvalue weighted by Gasteiger charge is 2.13. The maximum atomic E-state index is 12.1. The zero-order valence-corrected chi connectivity index (χ0v) is 14.7. The van der Waals surface area contributed by atoms with Crippen LogP contribution in [0.5, 0.6) is 5.75 Å². The summed E-state index contributed by atoms with van der Waals surface area (Å²) in [6, 6.07) is 5.82. The Morgan fingerprint density at radius 2 is 2.32 bits per heavy atom. The number of thioether (sulfide) groups is 1. The number of carbonyl (C=O) groups excluding carboxylic acids is 1. The van der Waals surface area contributed by atoms with E-state index < -0.39 is 0 Å². The first-order valence-electron chi connectivity index (χ1n) is 6.17. The molecule has 0 spiro atoms. The van der Waals surface area contributed by atoms with Crippen LogP contribution < -0.4 is 10.1 Å². The molecule has 3 aromatic rings. The van der Waals surface area contributed by atoms with Gasteiger partial charge in [-0.3, -0.25) is 10.1 Å².